The molecule has 1 aromatic carbocycles. The van der Waals surface area contributed by atoms with Crippen molar-refractivity contribution >= 4 is 23.5 Å². The molecular weight excluding hydrogens is 311 g/mol. The second-order valence-corrected chi connectivity index (χ2v) is 4.47. The van der Waals surface area contributed by atoms with Gasteiger partial charge in [0.1, 0.15) is 0 Å². The minimum absolute atomic E-state index is 0.0213. The number of hydrogen-bond acceptors (Lipinski definition) is 4. The number of nitrogens with zero attached hydrogens (tertiary/aromatic N) is 2. The van der Waals surface area contributed by atoms with Crippen LogP contribution in [-0.4, -0.2) is 16.0 Å². The molecule has 1 amide bonds. The van der Waals surface area contributed by atoms with Gasteiger partial charge in [0.2, 0.25) is 5.91 Å². The molecule has 5 nitrogen and oxygen atoms in total. The third kappa shape index (κ3) is 4.19. The lowest BCUT2D eigenvalue weighted by atomic mass is 10.1. The number of amides is 1. The van der Waals surface area contributed by atoms with E-state index in [2.05, 4.69) is 20.0 Å². The van der Waals surface area contributed by atoms with Crippen LogP contribution in [0, 0.1) is 0 Å². The molecule has 112 valence electrons. The zero-order valence-corrected chi connectivity index (χ0v) is 11.2. The molecule has 0 saturated heterocycles. The number of nitrogens with one attached hydrogen (secondary N) is 1. The van der Waals surface area contributed by atoms with Gasteiger partial charge < -0.3 is 4.52 Å². The number of alkyl halides is 3. The van der Waals surface area contributed by atoms with Crippen molar-refractivity contribution < 1.29 is 22.5 Å². The van der Waals surface area contributed by atoms with Crippen LogP contribution in [0.2, 0.25) is 5.02 Å². The minimum atomic E-state index is -4.72. The number of rotatable bonds is 4. The van der Waals surface area contributed by atoms with Crippen molar-refractivity contribution in [3.8, 4) is 0 Å². The molecule has 0 bridgehead atoms. The fourth-order valence-electron chi connectivity index (χ4n) is 1.52. The van der Waals surface area contributed by atoms with Crippen molar-refractivity contribution in [1.29, 1.82) is 0 Å². The van der Waals surface area contributed by atoms with Gasteiger partial charge in [-0.25, -0.2) is 0 Å². The molecule has 21 heavy (non-hydrogen) atoms. The van der Waals surface area contributed by atoms with E-state index in [4.69, 9.17) is 11.6 Å². The van der Waals surface area contributed by atoms with Gasteiger partial charge in [-0.1, -0.05) is 29.8 Å². The Hall–Kier alpha value is -2.09. The Balaban J connectivity index is 1.90. The molecule has 0 spiro atoms. The van der Waals surface area contributed by atoms with Gasteiger partial charge in [-0.3, -0.25) is 10.1 Å². The summed E-state index contributed by atoms with van der Waals surface area (Å²) in [4.78, 5) is 14.6. The lowest BCUT2D eigenvalue weighted by Gasteiger charge is -2.03. The fraction of sp³-hybridized carbons (Fsp3) is 0.250. The van der Waals surface area contributed by atoms with Crippen LogP contribution in [0.5, 0.6) is 0 Å². The maximum Gasteiger partial charge on any atom is 0.455 e. The largest absolute Gasteiger partial charge is 0.455 e. The van der Waals surface area contributed by atoms with Gasteiger partial charge in [0.15, 0.2) is 0 Å². The molecule has 0 atom stereocenters. The molecule has 9 heteroatoms. The van der Waals surface area contributed by atoms with E-state index in [1.807, 2.05) is 0 Å². The van der Waals surface area contributed by atoms with E-state index < -0.39 is 23.9 Å². The summed E-state index contributed by atoms with van der Waals surface area (Å²) in [6.07, 6.45) is -4.36. The number of halogens is 4. The Bertz CT molecular complexity index is 643. The van der Waals surface area contributed by atoms with Crippen LogP contribution in [0.15, 0.2) is 28.8 Å². The van der Waals surface area contributed by atoms with Crippen LogP contribution < -0.4 is 5.32 Å². The number of anilines is 1. The summed E-state index contributed by atoms with van der Waals surface area (Å²) in [6.45, 7) is 0. The first-order valence-electron chi connectivity index (χ1n) is 5.80. The van der Waals surface area contributed by atoms with Crippen LogP contribution in [0.25, 0.3) is 0 Å². The zero-order valence-electron chi connectivity index (χ0n) is 10.4. The highest BCUT2D eigenvalue weighted by Gasteiger charge is 2.37. The van der Waals surface area contributed by atoms with Crippen molar-refractivity contribution in [2.45, 2.75) is 19.0 Å². The van der Waals surface area contributed by atoms with Gasteiger partial charge in [0.25, 0.3) is 5.82 Å². The van der Waals surface area contributed by atoms with E-state index in [1.165, 1.54) is 0 Å². The maximum absolute atomic E-state index is 12.2. The number of carbonyl (C=O) groups excluding carboxylic acids is 1. The van der Waals surface area contributed by atoms with E-state index in [0.29, 0.717) is 11.4 Å². The van der Waals surface area contributed by atoms with E-state index in [9.17, 15) is 18.0 Å². The second kappa shape index (κ2) is 6.13. The van der Waals surface area contributed by atoms with Gasteiger partial charge in [-0.2, -0.15) is 18.2 Å². The Morgan fingerprint density at radius 2 is 2.05 bits per heavy atom. The average Bonchev–Trinajstić information content (AvgIpc) is 2.86. The molecule has 0 aliphatic carbocycles. The van der Waals surface area contributed by atoms with Crippen LogP contribution in [0.3, 0.4) is 0 Å². The van der Waals surface area contributed by atoms with Gasteiger partial charge in [-0.05, 0) is 23.2 Å². The number of aryl methyl sites for hydroxylation is 1. The van der Waals surface area contributed by atoms with Gasteiger partial charge in [0.05, 0.1) is 0 Å². The van der Waals surface area contributed by atoms with E-state index in [0.717, 1.165) is 5.56 Å². The number of aromatic nitrogens is 2. The highest BCUT2D eigenvalue weighted by molar-refractivity contribution is 6.31. The predicted octanol–water partition coefficient (Wildman–Crippen LogP) is 3.31. The Morgan fingerprint density at radius 3 is 2.67 bits per heavy atom. The molecule has 0 aliphatic rings. The quantitative estimate of drug-likeness (QED) is 0.938. The lowest BCUT2D eigenvalue weighted by molar-refractivity contribution is -0.146. The standard InChI is InChI=1S/C12H9ClF3N3O2/c13-8-4-2-1-3-7(8)5-6-9(20)17-11-18-10(19-21-11)12(14,15)16/h1-4H,5-6H2,(H,17,18,19,20). The highest BCUT2D eigenvalue weighted by atomic mass is 35.5. The third-order valence-corrected chi connectivity index (χ3v) is 2.87. The summed E-state index contributed by atoms with van der Waals surface area (Å²) in [5.41, 5.74) is 0.760. The normalized spacial score (nSPS) is 11.4. The fourth-order valence-corrected chi connectivity index (χ4v) is 1.75. The molecule has 0 fully saturated rings. The second-order valence-electron chi connectivity index (χ2n) is 4.06. The maximum atomic E-state index is 12.2. The van der Waals surface area contributed by atoms with Gasteiger partial charge >= 0.3 is 12.2 Å². The predicted molar refractivity (Wildman–Crippen MR) is 67.7 cm³/mol. The van der Waals surface area contributed by atoms with Crippen LogP contribution in [0.4, 0.5) is 19.2 Å². The van der Waals surface area contributed by atoms with Crippen molar-refractivity contribution in [2.75, 3.05) is 5.32 Å². The first-order chi connectivity index (χ1) is 9.86. The van der Waals surface area contributed by atoms with Crippen molar-refractivity contribution in [1.82, 2.24) is 10.1 Å². The van der Waals surface area contributed by atoms with Crippen molar-refractivity contribution in [2.24, 2.45) is 0 Å². The third-order valence-electron chi connectivity index (χ3n) is 2.51. The van der Waals surface area contributed by atoms with E-state index in [-0.39, 0.29) is 6.42 Å². The zero-order chi connectivity index (χ0) is 15.5. The van der Waals surface area contributed by atoms with E-state index >= 15 is 0 Å². The molecule has 2 rings (SSSR count). The molecule has 2 aromatic rings. The number of hydrogen-bond donors (Lipinski definition) is 1. The topological polar surface area (TPSA) is 68.0 Å². The molecular formula is C12H9ClF3N3O2. The Labute approximate surface area is 122 Å². The van der Waals surface area contributed by atoms with Crippen LogP contribution >= 0.6 is 11.6 Å². The van der Waals surface area contributed by atoms with E-state index in [1.54, 1.807) is 24.3 Å². The van der Waals surface area contributed by atoms with Gasteiger partial charge in [0, 0.05) is 11.4 Å². The first-order valence-corrected chi connectivity index (χ1v) is 6.18. The summed E-state index contributed by atoms with van der Waals surface area (Å²) >= 11 is 5.92. The average molecular weight is 320 g/mol. The monoisotopic (exact) mass is 319 g/mol. The molecule has 0 aliphatic heterocycles. The van der Waals surface area contributed by atoms with Crippen LogP contribution in [0.1, 0.15) is 17.8 Å². The first kappa shape index (κ1) is 15.3. The summed E-state index contributed by atoms with van der Waals surface area (Å²) in [7, 11) is 0. The smallest absolute Gasteiger partial charge is 0.315 e. The molecule has 1 heterocycles. The number of benzene rings is 1. The summed E-state index contributed by atoms with van der Waals surface area (Å²) in [5.74, 6) is -1.99. The minimum Gasteiger partial charge on any atom is -0.315 e. The summed E-state index contributed by atoms with van der Waals surface area (Å²) in [6, 6.07) is 6.37. The highest BCUT2D eigenvalue weighted by Crippen LogP contribution is 2.27. The Kier molecular flexibility index (Phi) is 4.46. The number of carbonyl (C=O) groups is 1. The molecule has 1 aromatic heterocycles. The summed E-state index contributed by atoms with van der Waals surface area (Å²) in [5, 5.41) is 5.34. The van der Waals surface area contributed by atoms with Gasteiger partial charge in [-0.15, -0.1) is 0 Å². The molecule has 0 saturated carbocycles. The molecule has 0 unspecified atom stereocenters. The SMILES string of the molecule is O=C(CCc1ccccc1Cl)Nc1nc(C(F)(F)F)no1. The summed E-state index contributed by atoms with van der Waals surface area (Å²) < 4.78 is 41.0. The Morgan fingerprint density at radius 1 is 1.33 bits per heavy atom. The lowest BCUT2D eigenvalue weighted by Crippen LogP contribution is -2.13. The van der Waals surface area contributed by atoms with Crippen LogP contribution in [-0.2, 0) is 17.4 Å². The molecule has 0 radical (unpaired) electrons. The molecule has 1 N–H and O–H groups in total. The van der Waals surface area contributed by atoms with Crippen molar-refractivity contribution in [3.63, 3.8) is 0 Å². The van der Waals surface area contributed by atoms with Crippen molar-refractivity contribution in [3.05, 3.63) is 40.7 Å².